The van der Waals surface area contributed by atoms with E-state index in [4.69, 9.17) is 15.4 Å². The van der Waals surface area contributed by atoms with Crippen LogP contribution in [0.2, 0.25) is 0 Å². The van der Waals surface area contributed by atoms with Gasteiger partial charge in [-0.05, 0) is 25.0 Å². The van der Waals surface area contributed by atoms with Crippen molar-refractivity contribution < 1.29 is 13.6 Å². The zero-order valence-electron chi connectivity index (χ0n) is 11.1. The van der Waals surface area contributed by atoms with Gasteiger partial charge >= 0.3 is 0 Å². The number of amides is 1. The summed E-state index contributed by atoms with van der Waals surface area (Å²) < 4.78 is 18.4. The maximum absolute atomic E-state index is 13.1. The van der Waals surface area contributed by atoms with Crippen LogP contribution in [-0.4, -0.2) is 22.5 Å². The topological polar surface area (TPSA) is 105 Å². The number of nitrogens with zero attached hydrogens (tertiary/aromatic N) is 2. The van der Waals surface area contributed by atoms with E-state index in [0.29, 0.717) is 23.9 Å². The van der Waals surface area contributed by atoms with E-state index >= 15 is 0 Å². The molecule has 0 unspecified atom stereocenters. The third kappa shape index (κ3) is 2.71. The Labute approximate surface area is 119 Å². The van der Waals surface area contributed by atoms with Crippen molar-refractivity contribution in [1.82, 2.24) is 10.3 Å². The van der Waals surface area contributed by atoms with Crippen molar-refractivity contribution in [2.24, 2.45) is 5.73 Å². The Balaban J connectivity index is 1.69. The molecule has 108 valence electrons. The number of nitrogens with two attached hydrogens (primary N) is 1. The molecule has 1 aromatic heterocycles. The molecule has 0 saturated heterocycles. The molecule has 1 atom stereocenters. The third-order valence-corrected chi connectivity index (χ3v) is 3.45. The lowest BCUT2D eigenvalue weighted by Crippen LogP contribution is -2.47. The summed E-state index contributed by atoms with van der Waals surface area (Å²) in [6, 6.07) is 5.20. The second kappa shape index (κ2) is 4.82. The molecule has 1 aromatic carbocycles. The van der Waals surface area contributed by atoms with Gasteiger partial charge in [-0.3, -0.25) is 4.79 Å². The van der Waals surface area contributed by atoms with Gasteiger partial charge in [-0.15, -0.1) is 0 Å². The van der Waals surface area contributed by atoms with Crippen LogP contribution in [-0.2, 0) is 11.2 Å². The van der Waals surface area contributed by atoms with Crippen molar-refractivity contribution in [3.05, 3.63) is 29.9 Å². The standard InChI is InChI=1S/C14H13FN4O2/c15-8-1-2-10-11(5-8)21-12(18-10)6-9(17)13(20)19-14(7-16)3-4-14/h1-2,5,9H,3-4,6,17H2,(H,19,20)/t9-/m0/s1. The molecular weight excluding hydrogens is 275 g/mol. The molecule has 0 radical (unpaired) electrons. The molecule has 3 rings (SSSR count). The van der Waals surface area contributed by atoms with Crippen LogP contribution < -0.4 is 11.1 Å². The largest absolute Gasteiger partial charge is 0.441 e. The molecule has 0 bridgehead atoms. The predicted octanol–water partition coefficient (Wildman–Crippen LogP) is 1.01. The smallest absolute Gasteiger partial charge is 0.238 e. The average Bonchev–Trinajstić information content (AvgIpc) is 3.11. The summed E-state index contributed by atoms with van der Waals surface area (Å²) in [6.07, 6.45) is 1.37. The first-order valence-corrected chi connectivity index (χ1v) is 6.55. The molecule has 7 heteroatoms. The number of rotatable bonds is 4. The van der Waals surface area contributed by atoms with Gasteiger partial charge in [0.15, 0.2) is 11.5 Å². The molecule has 1 aliphatic rings. The first kappa shape index (κ1) is 13.5. The minimum Gasteiger partial charge on any atom is -0.441 e. The number of carbonyl (C=O) groups excluding carboxylic acids is 1. The molecule has 1 saturated carbocycles. The van der Waals surface area contributed by atoms with E-state index in [1.54, 1.807) is 0 Å². The van der Waals surface area contributed by atoms with Gasteiger partial charge in [0.2, 0.25) is 5.91 Å². The molecule has 1 heterocycles. The van der Waals surface area contributed by atoms with E-state index < -0.39 is 23.3 Å². The molecule has 1 aliphatic carbocycles. The highest BCUT2D eigenvalue weighted by Crippen LogP contribution is 2.34. The van der Waals surface area contributed by atoms with Crippen molar-refractivity contribution in [1.29, 1.82) is 5.26 Å². The first-order valence-electron chi connectivity index (χ1n) is 6.55. The van der Waals surface area contributed by atoms with Gasteiger partial charge in [0.05, 0.1) is 12.1 Å². The summed E-state index contributed by atoms with van der Waals surface area (Å²) in [7, 11) is 0. The summed E-state index contributed by atoms with van der Waals surface area (Å²) in [5.41, 5.74) is 5.87. The average molecular weight is 288 g/mol. The van der Waals surface area contributed by atoms with Crippen molar-refractivity contribution in [2.75, 3.05) is 0 Å². The highest BCUT2D eigenvalue weighted by Gasteiger charge is 2.45. The zero-order chi connectivity index (χ0) is 15.0. The lowest BCUT2D eigenvalue weighted by molar-refractivity contribution is -0.123. The molecule has 3 N–H and O–H groups in total. The van der Waals surface area contributed by atoms with E-state index in [9.17, 15) is 9.18 Å². The van der Waals surface area contributed by atoms with Crippen molar-refractivity contribution in [2.45, 2.75) is 30.8 Å². The Bertz CT molecular complexity index is 745. The second-order valence-electron chi connectivity index (χ2n) is 5.21. The van der Waals surface area contributed by atoms with E-state index in [1.165, 1.54) is 18.2 Å². The number of benzene rings is 1. The van der Waals surface area contributed by atoms with Gasteiger partial charge in [-0.25, -0.2) is 9.37 Å². The SMILES string of the molecule is N#CC1(NC(=O)[C@@H](N)Cc2nc3ccc(F)cc3o2)CC1. The number of aromatic nitrogens is 1. The lowest BCUT2D eigenvalue weighted by atomic mass is 10.2. The number of halogens is 1. The van der Waals surface area contributed by atoms with Crippen molar-refractivity contribution in [3.63, 3.8) is 0 Å². The van der Waals surface area contributed by atoms with E-state index in [0.717, 1.165) is 0 Å². The van der Waals surface area contributed by atoms with Crippen LogP contribution in [0.25, 0.3) is 11.1 Å². The first-order chi connectivity index (χ1) is 10.0. The summed E-state index contributed by atoms with van der Waals surface area (Å²) in [5, 5.41) is 11.6. The highest BCUT2D eigenvalue weighted by atomic mass is 19.1. The molecule has 0 aliphatic heterocycles. The Hall–Kier alpha value is -2.46. The van der Waals surface area contributed by atoms with Crippen LogP contribution in [0.5, 0.6) is 0 Å². The highest BCUT2D eigenvalue weighted by molar-refractivity contribution is 5.83. The van der Waals surface area contributed by atoms with Crippen molar-refractivity contribution in [3.8, 4) is 6.07 Å². The molecular formula is C14H13FN4O2. The normalized spacial score (nSPS) is 17.2. The van der Waals surface area contributed by atoms with E-state index in [1.807, 2.05) is 0 Å². The molecule has 21 heavy (non-hydrogen) atoms. The van der Waals surface area contributed by atoms with Gasteiger partial charge < -0.3 is 15.5 Å². The minimum absolute atomic E-state index is 0.0869. The maximum Gasteiger partial charge on any atom is 0.238 e. The van der Waals surface area contributed by atoms with Crippen LogP contribution in [0, 0.1) is 17.1 Å². The van der Waals surface area contributed by atoms with Gasteiger partial charge in [0.25, 0.3) is 0 Å². The van der Waals surface area contributed by atoms with Crippen LogP contribution in [0.15, 0.2) is 22.6 Å². The molecule has 1 fully saturated rings. The lowest BCUT2D eigenvalue weighted by Gasteiger charge is -2.13. The number of nitriles is 1. The third-order valence-electron chi connectivity index (χ3n) is 3.45. The summed E-state index contributed by atoms with van der Waals surface area (Å²) in [6.45, 7) is 0. The van der Waals surface area contributed by atoms with E-state index in [-0.39, 0.29) is 12.3 Å². The Morgan fingerprint density at radius 1 is 1.62 bits per heavy atom. The van der Waals surface area contributed by atoms with Gasteiger partial charge in [0.1, 0.15) is 16.9 Å². The second-order valence-corrected chi connectivity index (χ2v) is 5.21. The Kier molecular flexibility index (Phi) is 3.11. The summed E-state index contributed by atoms with van der Waals surface area (Å²) >= 11 is 0. The molecule has 6 nitrogen and oxygen atoms in total. The predicted molar refractivity (Wildman–Crippen MR) is 71.4 cm³/mol. The number of fused-ring (bicyclic) bond motifs is 1. The quantitative estimate of drug-likeness (QED) is 0.873. The van der Waals surface area contributed by atoms with Crippen LogP contribution in [0.1, 0.15) is 18.7 Å². The number of hydrogen-bond acceptors (Lipinski definition) is 5. The molecule has 0 spiro atoms. The van der Waals surface area contributed by atoms with Crippen molar-refractivity contribution >= 4 is 17.0 Å². The fourth-order valence-corrected chi connectivity index (χ4v) is 2.03. The number of nitrogens with one attached hydrogen (secondary N) is 1. The zero-order valence-corrected chi connectivity index (χ0v) is 11.1. The van der Waals surface area contributed by atoms with E-state index in [2.05, 4.69) is 16.4 Å². The molecule has 2 aromatic rings. The maximum atomic E-state index is 13.1. The number of carbonyl (C=O) groups is 1. The minimum atomic E-state index is -0.867. The van der Waals surface area contributed by atoms with Crippen LogP contribution in [0.4, 0.5) is 4.39 Å². The Morgan fingerprint density at radius 2 is 2.38 bits per heavy atom. The fourth-order valence-electron chi connectivity index (χ4n) is 2.03. The van der Waals surface area contributed by atoms with Gasteiger partial charge in [-0.2, -0.15) is 5.26 Å². The van der Waals surface area contributed by atoms with Crippen LogP contribution >= 0.6 is 0 Å². The molecule has 1 amide bonds. The van der Waals surface area contributed by atoms with Gasteiger partial charge in [0, 0.05) is 12.5 Å². The fraction of sp³-hybridized carbons (Fsp3) is 0.357. The van der Waals surface area contributed by atoms with Gasteiger partial charge in [-0.1, -0.05) is 0 Å². The van der Waals surface area contributed by atoms with Crippen LogP contribution in [0.3, 0.4) is 0 Å². The monoisotopic (exact) mass is 288 g/mol. The number of hydrogen-bond donors (Lipinski definition) is 2. The number of oxazole rings is 1. The Morgan fingerprint density at radius 3 is 3.05 bits per heavy atom. The summed E-state index contributed by atoms with van der Waals surface area (Å²) in [4.78, 5) is 16.1. The summed E-state index contributed by atoms with van der Waals surface area (Å²) in [5.74, 6) is -0.570.